The molecule has 0 radical (unpaired) electrons. The van der Waals surface area contributed by atoms with E-state index >= 15 is 0 Å². The molecule has 8 heteroatoms. The molecular formula is C8H4BrClF5N. The van der Waals surface area contributed by atoms with Gasteiger partial charge in [0.25, 0.3) is 6.43 Å². The minimum Gasteiger partial charge on any atom is -0.250 e. The summed E-state index contributed by atoms with van der Waals surface area (Å²) < 4.78 is 62.1. The lowest BCUT2D eigenvalue weighted by atomic mass is 10.1. The van der Waals surface area contributed by atoms with Crippen LogP contribution >= 0.6 is 27.5 Å². The standard InChI is InChI=1S/C8H4BrClF5N/c9-2-3-1-4(10)5(8(13,14)15)6(16-3)7(11)12/h1,7H,2H2. The van der Waals surface area contributed by atoms with Crippen molar-refractivity contribution in [2.45, 2.75) is 17.9 Å². The van der Waals surface area contributed by atoms with Crippen LogP contribution in [0.2, 0.25) is 5.02 Å². The molecule has 0 aromatic carbocycles. The molecule has 0 saturated heterocycles. The SMILES string of the molecule is FC(F)c1nc(CBr)cc(Cl)c1C(F)(F)F. The molecular weight excluding hydrogens is 320 g/mol. The molecule has 0 aliphatic heterocycles. The van der Waals surface area contributed by atoms with Crippen molar-refractivity contribution in [1.29, 1.82) is 0 Å². The summed E-state index contributed by atoms with van der Waals surface area (Å²) in [7, 11) is 0. The third-order valence-corrected chi connectivity index (χ3v) is 2.55. The molecule has 0 aliphatic rings. The Kier molecular flexibility index (Phi) is 4.12. The summed E-state index contributed by atoms with van der Waals surface area (Å²) in [6.45, 7) is 0. The van der Waals surface area contributed by atoms with Gasteiger partial charge in [0.1, 0.15) is 11.3 Å². The van der Waals surface area contributed by atoms with Crippen LogP contribution in [-0.4, -0.2) is 4.98 Å². The van der Waals surface area contributed by atoms with Gasteiger partial charge in [0.05, 0.1) is 10.7 Å². The van der Waals surface area contributed by atoms with Crippen molar-refractivity contribution >= 4 is 27.5 Å². The van der Waals surface area contributed by atoms with Crippen LogP contribution in [-0.2, 0) is 11.5 Å². The highest BCUT2D eigenvalue weighted by molar-refractivity contribution is 9.08. The Labute approximate surface area is 101 Å². The zero-order chi connectivity index (χ0) is 12.5. The first-order chi connectivity index (χ1) is 7.27. The average Bonchev–Trinajstić information content (AvgIpc) is 2.14. The maximum atomic E-state index is 12.4. The van der Waals surface area contributed by atoms with Crippen LogP contribution in [0.5, 0.6) is 0 Å². The number of alkyl halides is 6. The fourth-order valence-electron chi connectivity index (χ4n) is 1.09. The second kappa shape index (κ2) is 4.83. The van der Waals surface area contributed by atoms with Crippen LogP contribution in [0.25, 0.3) is 0 Å². The molecule has 0 unspecified atom stereocenters. The van der Waals surface area contributed by atoms with Crippen LogP contribution in [0.3, 0.4) is 0 Å². The molecule has 0 bridgehead atoms. The molecule has 0 amide bonds. The third kappa shape index (κ3) is 2.82. The zero-order valence-corrected chi connectivity index (χ0v) is 9.80. The highest BCUT2D eigenvalue weighted by atomic mass is 79.9. The minimum absolute atomic E-state index is 0.0216. The van der Waals surface area contributed by atoms with Gasteiger partial charge in [-0.3, -0.25) is 4.98 Å². The molecule has 0 fully saturated rings. The van der Waals surface area contributed by atoms with Crippen LogP contribution in [0.15, 0.2) is 6.07 Å². The van der Waals surface area contributed by atoms with E-state index in [4.69, 9.17) is 11.6 Å². The summed E-state index contributed by atoms with van der Waals surface area (Å²) in [5, 5.41) is -0.725. The summed E-state index contributed by atoms with van der Waals surface area (Å²) in [5.41, 5.74) is -2.89. The monoisotopic (exact) mass is 323 g/mol. The number of halogens is 7. The Morgan fingerprint density at radius 1 is 1.38 bits per heavy atom. The summed E-state index contributed by atoms with van der Waals surface area (Å²) in [4.78, 5) is 3.22. The fourth-order valence-corrected chi connectivity index (χ4v) is 1.71. The first-order valence-corrected chi connectivity index (χ1v) is 5.38. The fraction of sp³-hybridized carbons (Fsp3) is 0.375. The lowest BCUT2D eigenvalue weighted by Gasteiger charge is -2.14. The van der Waals surface area contributed by atoms with E-state index in [1.165, 1.54) is 0 Å². The molecule has 90 valence electrons. The number of rotatable bonds is 2. The third-order valence-electron chi connectivity index (χ3n) is 1.68. The lowest BCUT2D eigenvalue weighted by Crippen LogP contribution is -2.13. The van der Waals surface area contributed by atoms with E-state index < -0.39 is 28.9 Å². The maximum absolute atomic E-state index is 12.4. The number of pyridine rings is 1. The molecule has 1 aromatic heterocycles. The van der Waals surface area contributed by atoms with Crippen molar-refractivity contribution in [3.05, 3.63) is 28.0 Å². The summed E-state index contributed by atoms with van der Waals surface area (Å²) >= 11 is 8.23. The van der Waals surface area contributed by atoms with Crippen LogP contribution in [0.1, 0.15) is 23.4 Å². The highest BCUT2D eigenvalue weighted by Gasteiger charge is 2.39. The van der Waals surface area contributed by atoms with E-state index in [0.717, 1.165) is 6.07 Å². The number of nitrogens with zero attached hydrogens (tertiary/aromatic N) is 1. The smallest absolute Gasteiger partial charge is 0.250 e. The Hall–Kier alpha value is -0.430. The van der Waals surface area contributed by atoms with Gasteiger partial charge in [-0.2, -0.15) is 13.2 Å². The van der Waals surface area contributed by atoms with Crippen LogP contribution in [0.4, 0.5) is 22.0 Å². The first-order valence-electron chi connectivity index (χ1n) is 3.88. The Morgan fingerprint density at radius 2 is 1.94 bits per heavy atom. The second-order valence-electron chi connectivity index (χ2n) is 2.79. The van der Waals surface area contributed by atoms with Gasteiger partial charge in [-0.05, 0) is 6.07 Å². The van der Waals surface area contributed by atoms with Crippen molar-refractivity contribution < 1.29 is 22.0 Å². The van der Waals surface area contributed by atoms with Gasteiger partial charge in [-0.15, -0.1) is 0 Å². The number of hydrogen-bond acceptors (Lipinski definition) is 1. The molecule has 1 nitrogen and oxygen atoms in total. The molecule has 0 N–H and O–H groups in total. The molecule has 16 heavy (non-hydrogen) atoms. The van der Waals surface area contributed by atoms with Gasteiger partial charge in [0.15, 0.2) is 0 Å². The van der Waals surface area contributed by atoms with Gasteiger partial charge in [-0.1, -0.05) is 27.5 Å². The predicted molar refractivity (Wildman–Crippen MR) is 51.8 cm³/mol. The van der Waals surface area contributed by atoms with Crippen LogP contribution < -0.4 is 0 Å². The van der Waals surface area contributed by atoms with Crippen LogP contribution in [0, 0.1) is 0 Å². The Bertz CT molecular complexity index is 393. The second-order valence-corrected chi connectivity index (χ2v) is 3.76. The quantitative estimate of drug-likeness (QED) is 0.573. The van der Waals surface area contributed by atoms with Crippen molar-refractivity contribution in [3.63, 3.8) is 0 Å². The Morgan fingerprint density at radius 3 is 2.31 bits per heavy atom. The molecule has 1 rings (SSSR count). The molecule has 0 saturated carbocycles. The van der Waals surface area contributed by atoms with E-state index in [-0.39, 0.29) is 11.0 Å². The van der Waals surface area contributed by atoms with E-state index in [9.17, 15) is 22.0 Å². The zero-order valence-electron chi connectivity index (χ0n) is 7.45. The van der Waals surface area contributed by atoms with Crippen molar-refractivity contribution in [1.82, 2.24) is 4.98 Å². The van der Waals surface area contributed by atoms with Gasteiger partial charge >= 0.3 is 6.18 Å². The molecule has 1 aromatic rings. The summed E-state index contributed by atoms with van der Waals surface area (Å²) in [6, 6.07) is 0.908. The van der Waals surface area contributed by atoms with Crippen molar-refractivity contribution in [2.24, 2.45) is 0 Å². The minimum atomic E-state index is -4.94. The van der Waals surface area contributed by atoms with Crippen molar-refractivity contribution in [2.75, 3.05) is 0 Å². The summed E-state index contributed by atoms with van der Waals surface area (Å²) in [5.74, 6) is 0. The van der Waals surface area contributed by atoms with Gasteiger partial charge in [0, 0.05) is 5.33 Å². The average molecular weight is 324 g/mol. The highest BCUT2D eigenvalue weighted by Crippen LogP contribution is 2.40. The molecule has 0 atom stereocenters. The van der Waals surface area contributed by atoms with Crippen molar-refractivity contribution in [3.8, 4) is 0 Å². The first kappa shape index (κ1) is 13.6. The van der Waals surface area contributed by atoms with Gasteiger partial charge in [0.2, 0.25) is 0 Å². The maximum Gasteiger partial charge on any atom is 0.419 e. The number of aromatic nitrogens is 1. The molecule has 1 heterocycles. The normalized spacial score (nSPS) is 12.2. The van der Waals surface area contributed by atoms with E-state index in [0.29, 0.717) is 0 Å². The van der Waals surface area contributed by atoms with Gasteiger partial charge in [-0.25, -0.2) is 8.78 Å². The number of hydrogen-bond donors (Lipinski definition) is 0. The Balaban J connectivity index is 3.46. The van der Waals surface area contributed by atoms with E-state index in [2.05, 4.69) is 20.9 Å². The molecule has 0 aliphatic carbocycles. The topological polar surface area (TPSA) is 12.9 Å². The van der Waals surface area contributed by atoms with Gasteiger partial charge < -0.3 is 0 Å². The largest absolute Gasteiger partial charge is 0.419 e. The lowest BCUT2D eigenvalue weighted by molar-refractivity contribution is -0.139. The van der Waals surface area contributed by atoms with E-state index in [1.54, 1.807) is 0 Å². The summed E-state index contributed by atoms with van der Waals surface area (Å²) in [6.07, 6.45) is -8.27. The predicted octanol–water partition coefficient (Wildman–Crippen LogP) is 4.59. The molecule has 0 spiro atoms. The van der Waals surface area contributed by atoms with E-state index in [1.807, 2.05) is 0 Å².